The fraction of sp³-hybridized carbons (Fsp3) is 0.750. The highest BCUT2D eigenvalue weighted by atomic mass is 79.9. The summed E-state index contributed by atoms with van der Waals surface area (Å²) in [6, 6.07) is 0. The summed E-state index contributed by atoms with van der Waals surface area (Å²) in [5, 5.41) is 9.27. The van der Waals surface area contributed by atoms with Gasteiger partial charge < -0.3 is 4.74 Å². The van der Waals surface area contributed by atoms with Crippen LogP contribution in [0.4, 0.5) is 0 Å². The van der Waals surface area contributed by atoms with Crippen molar-refractivity contribution in [3.05, 3.63) is 8.92 Å². The Kier molecular flexibility index (Phi) is 1.92. The van der Waals surface area contributed by atoms with E-state index in [1.807, 2.05) is 0 Å². The number of aromatic nitrogens is 2. The van der Waals surface area contributed by atoms with Crippen molar-refractivity contribution >= 4 is 27.3 Å². The maximum absolute atomic E-state index is 5.77. The zero-order chi connectivity index (χ0) is 8.84. The van der Waals surface area contributed by atoms with Gasteiger partial charge in [-0.25, -0.2) is 0 Å². The normalized spacial score (nSPS) is 37.2. The van der Waals surface area contributed by atoms with Gasteiger partial charge in [0.05, 0.1) is 12.2 Å². The fourth-order valence-electron chi connectivity index (χ4n) is 2.26. The van der Waals surface area contributed by atoms with Gasteiger partial charge in [0.2, 0.25) is 0 Å². The van der Waals surface area contributed by atoms with Crippen LogP contribution >= 0.6 is 27.3 Å². The molecule has 2 aliphatic heterocycles. The van der Waals surface area contributed by atoms with E-state index in [4.69, 9.17) is 4.74 Å². The molecule has 3 rings (SSSR count). The number of nitrogens with zero attached hydrogens (tertiary/aromatic N) is 2. The minimum Gasteiger partial charge on any atom is -0.374 e. The number of hydrogen-bond acceptors (Lipinski definition) is 4. The largest absolute Gasteiger partial charge is 0.374 e. The summed E-state index contributed by atoms with van der Waals surface area (Å²) in [6.07, 6.45) is 4.50. The summed E-state index contributed by atoms with van der Waals surface area (Å²) in [4.78, 5) is 0. The van der Waals surface area contributed by atoms with Crippen LogP contribution in [0.3, 0.4) is 0 Å². The molecule has 0 aromatic carbocycles. The molecule has 2 bridgehead atoms. The van der Waals surface area contributed by atoms with Crippen molar-refractivity contribution in [2.45, 2.75) is 37.4 Å². The van der Waals surface area contributed by atoms with E-state index in [2.05, 4.69) is 26.1 Å². The molecule has 70 valence electrons. The Morgan fingerprint density at radius 2 is 2.31 bits per heavy atom. The van der Waals surface area contributed by atoms with Gasteiger partial charge in [-0.15, -0.1) is 10.2 Å². The highest BCUT2D eigenvalue weighted by Gasteiger charge is 2.42. The molecule has 1 aromatic heterocycles. The Bertz CT molecular complexity index is 330. The first-order valence-corrected chi connectivity index (χ1v) is 6.08. The van der Waals surface area contributed by atoms with E-state index in [0.717, 1.165) is 15.3 Å². The first kappa shape index (κ1) is 8.32. The summed E-state index contributed by atoms with van der Waals surface area (Å²) < 4.78 is 6.65. The smallest absolute Gasteiger partial charge is 0.183 e. The fourth-order valence-corrected chi connectivity index (χ4v) is 3.58. The maximum Gasteiger partial charge on any atom is 0.183 e. The molecule has 3 heterocycles. The molecule has 2 fully saturated rings. The number of fused-ring (bicyclic) bond motifs is 2. The third-order valence-electron chi connectivity index (χ3n) is 2.84. The molecule has 2 aliphatic rings. The lowest BCUT2D eigenvalue weighted by atomic mass is 9.90. The first-order valence-electron chi connectivity index (χ1n) is 4.47. The lowest BCUT2D eigenvalue weighted by Gasteiger charge is -2.14. The van der Waals surface area contributed by atoms with Crippen LogP contribution in [0, 0.1) is 0 Å². The third kappa shape index (κ3) is 1.33. The summed E-state index contributed by atoms with van der Waals surface area (Å²) in [5.41, 5.74) is 0. The van der Waals surface area contributed by atoms with Crippen LogP contribution in [-0.4, -0.2) is 22.4 Å². The van der Waals surface area contributed by atoms with E-state index in [1.165, 1.54) is 12.8 Å². The van der Waals surface area contributed by atoms with Gasteiger partial charge in [0.15, 0.2) is 3.92 Å². The Labute approximate surface area is 88.6 Å². The van der Waals surface area contributed by atoms with Crippen LogP contribution in [0.1, 0.15) is 30.2 Å². The Morgan fingerprint density at radius 3 is 2.85 bits per heavy atom. The van der Waals surface area contributed by atoms with Gasteiger partial charge in [-0.3, -0.25) is 0 Å². The zero-order valence-corrected chi connectivity index (χ0v) is 9.34. The van der Waals surface area contributed by atoms with E-state index >= 15 is 0 Å². The predicted octanol–water partition coefficient (Wildman–Crippen LogP) is 2.34. The number of halogens is 1. The lowest BCUT2D eigenvalue weighted by Crippen LogP contribution is -2.13. The molecule has 5 heteroatoms. The number of hydrogen-bond donors (Lipinski definition) is 0. The van der Waals surface area contributed by atoms with Gasteiger partial charge in [0.25, 0.3) is 0 Å². The SMILES string of the molecule is Brc1nnc(C2CC3CCC2O3)s1. The van der Waals surface area contributed by atoms with Crippen molar-refractivity contribution in [3.63, 3.8) is 0 Å². The molecular formula is C8H9BrN2OS. The average molecular weight is 261 g/mol. The molecule has 0 spiro atoms. The molecule has 2 saturated heterocycles. The van der Waals surface area contributed by atoms with Gasteiger partial charge in [-0.2, -0.15) is 0 Å². The zero-order valence-electron chi connectivity index (χ0n) is 6.94. The van der Waals surface area contributed by atoms with Gasteiger partial charge in [0.1, 0.15) is 5.01 Å². The molecule has 0 radical (unpaired) electrons. The van der Waals surface area contributed by atoms with Crippen LogP contribution in [-0.2, 0) is 4.74 Å². The number of ether oxygens (including phenoxy) is 1. The molecule has 0 amide bonds. The Hall–Kier alpha value is -0.0000000000000000555. The topological polar surface area (TPSA) is 35.0 Å². The van der Waals surface area contributed by atoms with Gasteiger partial charge in [0, 0.05) is 5.92 Å². The van der Waals surface area contributed by atoms with Crippen molar-refractivity contribution in [2.24, 2.45) is 0 Å². The van der Waals surface area contributed by atoms with Crippen molar-refractivity contribution in [1.82, 2.24) is 10.2 Å². The second-order valence-corrected chi connectivity index (χ2v) is 5.89. The number of rotatable bonds is 1. The van der Waals surface area contributed by atoms with Crippen molar-refractivity contribution < 1.29 is 4.74 Å². The van der Waals surface area contributed by atoms with Crippen molar-refractivity contribution in [3.8, 4) is 0 Å². The second kappa shape index (κ2) is 3.00. The van der Waals surface area contributed by atoms with Crippen LogP contribution < -0.4 is 0 Å². The van der Waals surface area contributed by atoms with Crippen LogP contribution in [0.2, 0.25) is 0 Å². The summed E-state index contributed by atoms with van der Waals surface area (Å²) in [5.74, 6) is 0.516. The minimum atomic E-state index is 0.421. The average Bonchev–Trinajstić information content (AvgIpc) is 2.77. The monoisotopic (exact) mass is 260 g/mol. The highest BCUT2D eigenvalue weighted by Crippen LogP contribution is 2.45. The summed E-state index contributed by atoms with van der Waals surface area (Å²) >= 11 is 4.98. The van der Waals surface area contributed by atoms with Gasteiger partial charge >= 0.3 is 0 Å². The van der Waals surface area contributed by atoms with Crippen LogP contribution in [0.5, 0.6) is 0 Å². The maximum atomic E-state index is 5.77. The van der Waals surface area contributed by atoms with Gasteiger partial charge in [-0.1, -0.05) is 11.3 Å². The molecule has 13 heavy (non-hydrogen) atoms. The van der Waals surface area contributed by atoms with E-state index in [0.29, 0.717) is 18.1 Å². The van der Waals surface area contributed by atoms with E-state index in [9.17, 15) is 0 Å². The first-order chi connectivity index (χ1) is 6.33. The molecular weight excluding hydrogens is 252 g/mol. The Morgan fingerprint density at radius 1 is 1.38 bits per heavy atom. The molecule has 0 aliphatic carbocycles. The van der Waals surface area contributed by atoms with Crippen LogP contribution in [0.25, 0.3) is 0 Å². The predicted molar refractivity (Wildman–Crippen MR) is 52.9 cm³/mol. The van der Waals surface area contributed by atoms with E-state index in [1.54, 1.807) is 11.3 Å². The minimum absolute atomic E-state index is 0.421. The molecule has 3 unspecified atom stereocenters. The van der Waals surface area contributed by atoms with Crippen molar-refractivity contribution in [2.75, 3.05) is 0 Å². The molecule has 3 atom stereocenters. The lowest BCUT2D eigenvalue weighted by molar-refractivity contribution is 0.100. The molecule has 0 N–H and O–H groups in total. The van der Waals surface area contributed by atoms with Gasteiger partial charge in [-0.05, 0) is 35.2 Å². The van der Waals surface area contributed by atoms with Crippen LogP contribution in [0.15, 0.2) is 3.92 Å². The highest BCUT2D eigenvalue weighted by molar-refractivity contribution is 9.11. The quantitative estimate of drug-likeness (QED) is 0.778. The summed E-state index contributed by atoms with van der Waals surface area (Å²) in [6.45, 7) is 0. The van der Waals surface area contributed by atoms with E-state index in [-0.39, 0.29) is 0 Å². The molecule has 1 aromatic rings. The van der Waals surface area contributed by atoms with E-state index < -0.39 is 0 Å². The standard InChI is InChI=1S/C8H9BrN2OS/c9-8-11-10-7(13-8)5-3-4-1-2-6(5)12-4/h4-6H,1-3H2. The molecule has 3 nitrogen and oxygen atoms in total. The third-order valence-corrected chi connectivity index (χ3v) is 4.33. The molecule has 0 saturated carbocycles. The second-order valence-electron chi connectivity index (χ2n) is 3.61. The van der Waals surface area contributed by atoms with Crippen molar-refractivity contribution in [1.29, 1.82) is 0 Å². The summed E-state index contributed by atoms with van der Waals surface area (Å²) in [7, 11) is 0. The Balaban J connectivity index is 1.87.